The van der Waals surface area contributed by atoms with E-state index in [4.69, 9.17) is 0 Å². The summed E-state index contributed by atoms with van der Waals surface area (Å²) in [5, 5.41) is 6.70. The summed E-state index contributed by atoms with van der Waals surface area (Å²) in [4.78, 5) is 29.5. The second-order valence-corrected chi connectivity index (χ2v) is 9.91. The minimum Gasteiger partial charge on any atom is -0.352 e. The van der Waals surface area contributed by atoms with Gasteiger partial charge in [0.15, 0.2) is 0 Å². The maximum atomic E-state index is 14.4. The number of fused-ring (bicyclic) bond motifs is 1. The van der Waals surface area contributed by atoms with Gasteiger partial charge in [-0.05, 0) is 57.8 Å². The average molecular weight is 409 g/mol. The van der Waals surface area contributed by atoms with E-state index in [9.17, 15) is 14.0 Å². The molecule has 4 fully saturated rings. The van der Waals surface area contributed by atoms with Crippen molar-refractivity contribution in [1.29, 1.82) is 0 Å². The lowest BCUT2D eigenvalue weighted by atomic mass is 9.77. The summed E-state index contributed by atoms with van der Waals surface area (Å²) in [6.07, 6.45) is 5.39. The SMILES string of the molecule is CC1CCC(F)C2CC(C(=O)N[C@@H]3CCC[C@H](N4CCN(C)C(=O)C4C)C3)NC12. The molecule has 2 aliphatic heterocycles. The average Bonchev–Trinajstić information content (AvgIpc) is 3.16. The van der Waals surface area contributed by atoms with Gasteiger partial charge in [-0.3, -0.25) is 14.5 Å². The van der Waals surface area contributed by atoms with Gasteiger partial charge < -0.3 is 15.5 Å². The first-order valence-electron chi connectivity index (χ1n) is 11.6. The molecule has 2 N–H and O–H groups in total. The second-order valence-electron chi connectivity index (χ2n) is 9.91. The summed E-state index contributed by atoms with van der Waals surface area (Å²) in [7, 11) is 1.87. The Hall–Kier alpha value is -1.21. The van der Waals surface area contributed by atoms with Crippen LogP contribution in [0.2, 0.25) is 0 Å². The lowest BCUT2D eigenvalue weighted by Crippen LogP contribution is -2.59. The Balaban J connectivity index is 1.33. The smallest absolute Gasteiger partial charge is 0.239 e. The molecule has 0 radical (unpaired) electrons. The van der Waals surface area contributed by atoms with Crippen LogP contribution in [0, 0.1) is 11.8 Å². The van der Waals surface area contributed by atoms with Crippen LogP contribution in [-0.2, 0) is 9.59 Å². The third-order valence-electron chi connectivity index (χ3n) is 8.04. The lowest BCUT2D eigenvalue weighted by molar-refractivity contribution is -0.141. The normalized spacial score (nSPS) is 43.9. The standard InChI is InChI=1S/C22H37FN4O2/c1-13-7-8-18(23)17-12-19(25-20(13)17)21(28)24-15-5-4-6-16(11-15)27-10-9-26(3)22(29)14(27)2/h13-20,25H,4-12H2,1-3H3,(H,24,28)/t13?,14?,15-,16+,17?,18?,19?,20?/m1/s1. The molecule has 8 atom stereocenters. The van der Waals surface area contributed by atoms with E-state index in [1.54, 1.807) is 0 Å². The Kier molecular flexibility index (Phi) is 6.17. The fourth-order valence-electron chi connectivity index (χ4n) is 6.23. The molecule has 2 amide bonds. The Bertz CT molecular complexity index is 614. The minimum atomic E-state index is -0.781. The zero-order chi connectivity index (χ0) is 20.7. The highest BCUT2D eigenvalue weighted by Gasteiger charge is 2.46. The summed E-state index contributed by atoms with van der Waals surface area (Å²) in [5.41, 5.74) is 0. The second kappa shape index (κ2) is 8.50. The first kappa shape index (κ1) is 21.0. The van der Waals surface area contributed by atoms with Crippen LogP contribution < -0.4 is 10.6 Å². The van der Waals surface area contributed by atoms with Crippen molar-refractivity contribution in [3.05, 3.63) is 0 Å². The van der Waals surface area contributed by atoms with Gasteiger partial charge in [-0.2, -0.15) is 0 Å². The number of halogens is 1. The van der Waals surface area contributed by atoms with Crippen molar-refractivity contribution in [3.63, 3.8) is 0 Å². The van der Waals surface area contributed by atoms with E-state index in [-0.39, 0.29) is 41.9 Å². The fourth-order valence-corrected chi connectivity index (χ4v) is 6.23. The van der Waals surface area contributed by atoms with Gasteiger partial charge in [-0.15, -0.1) is 0 Å². The van der Waals surface area contributed by atoms with Gasteiger partial charge in [0.25, 0.3) is 0 Å². The predicted molar refractivity (Wildman–Crippen MR) is 110 cm³/mol. The molecule has 164 valence electrons. The van der Waals surface area contributed by atoms with Crippen LogP contribution in [0.3, 0.4) is 0 Å². The molecule has 4 rings (SSSR count). The molecule has 2 saturated heterocycles. The number of alkyl halides is 1. The van der Waals surface area contributed by atoms with Gasteiger partial charge in [0, 0.05) is 44.2 Å². The molecule has 6 unspecified atom stereocenters. The Labute approximate surface area is 173 Å². The molecule has 2 heterocycles. The highest BCUT2D eigenvalue weighted by atomic mass is 19.1. The van der Waals surface area contributed by atoms with E-state index in [1.165, 1.54) is 0 Å². The monoisotopic (exact) mass is 408 g/mol. The molecule has 0 bridgehead atoms. The van der Waals surface area contributed by atoms with E-state index >= 15 is 0 Å². The van der Waals surface area contributed by atoms with Crippen LogP contribution in [0.1, 0.15) is 58.8 Å². The highest BCUT2D eigenvalue weighted by Crippen LogP contribution is 2.38. The van der Waals surface area contributed by atoms with Crippen LogP contribution in [-0.4, -0.2) is 78.1 Å². The van der Waals surface area contributed by atoms with Crippen molar-refractivity contribution >= 4 is 11.8 Å². The number of hydrogen-bond acceptors (Lipinski definition) is 4. The number of carbonyl (C=O) groups is 2. The molecule has 0 aromatic carbocycles. The van der Waals surface area contributed by atoms with E-state index in [0.29, 0.717) is 24.8 Å². The first-order chi connectivity index (χ1) is 13.8. The van der Waals surface area contributed by atoms with Crippen molar-refractivity contribution in [2.45, 2.75) is 95.2 Å². The van der Waals surface area contributed by atoms with Crippen LogP contribution in [0.25, 0.3) is 0 Å². The van der Waals surface area contributed by atoms with Crippen LogP contribution in [0.4, 0.5) is 4.39 Å². The molecule has 2 aliphatic carbocycles. The van der Waals surface area contributed by atoms with Crippen LogP contribution >= 0.6 is 0 Å². The van der Waals surface area contributed by atoms with E-state index in [1.807, 2.05) is 18.9 Å². The molecule has 4 aliphatic rings. The largest absolute Gasteiger partial charge is 0.352 e. The van der Waals surface area contributed by atoms with Gasteiger partial charge >= 0.3 is 0 Å². The number of piperazine rings is 1. The van der Waals surface area contributed by atoms with Gasteiger partial charge in [0.1, 0.15) is 6.17 Å². The molecule has 0 spiro atoms. The lowest BCUT2D eigenvalue weighted by Gasteiger charge is -2.44. The zero-order valence-corrected chi connectivity index (χ0v) is 18.1. The molecular formula is C22H37FN4O2. The van der Waals surface area contributed by atoms with E-state index < -0.39 is 6.17 Å². The van der Waals surface area contributed by atoms with Crippen molar-refractivity contribution in [3.8, 4) is 0 Å². The van der Waals surface area contributed by atoms with Crippen LogP contribution in [0.15, 0.2) is 0 Å². The van der Waals surface area contributed by atoms with Crippen molar-refractivity contribution in [1.82, 2.24) is 20.4 Å². The number of likely N-dealkylation sites (N-methyl/N-ethyl adjacent to an activating group) is 1. The summed E-state index contributed by atoms with van der Waals surface area (Å²) in [6, 6.07) is 0.261. The minimum absolute atomic E-state index is 0.0224. The van der Waals surface area contributed by atoms with E-state index in [2.05, 4.69) is 22.5 Å². The van der Waals surface area contributed by atoms with Gasteiger partial charge in [-0.25, -0.2) is 4.39 Å². The number of amides is 2. The molecular weight excluding hydrogens is 371 g/mol. The molecule has 29 heavy (non-hydrogen) atoms. The number of nitrogens with one attached hydrogen (secondary N) is 2. The molecule has 7 heteroatoms. The number of rotatable bonds is 3. The molecule has 0 aromatic rings. The first-order valence-corrected chi connectivity index (χ1v) is 11.6. The van der Waals surface area contributed by atoms with Crippen molar-refractivity contribution < 1.29 is 14.0 Å². The Morgan fingerprint density at radius 3 is 2.69 bits per heavy atom. The molecule has 6 nitrogen and oxygen atoms in total. The Morgan fingerprint density at radius 1 is 1.14 bits per heavy atom. The van der Waals surface area contributed by atoms with Gasteiger partial charge in [0.2, 0.25) is 11.8 Å². The number of carbonyl (C=O) groups excluding carboxylic acids is 2. The Morgan fingerprint density at radius 2 is 1.93 bits per heavy atom. The highest BCUT2D eigenvalue weighted by molar-refractivity contribution is 5.83. The fraction of sp³-hybridized carbons (Fsp3) is 0.909. The topological polar surface area (TPSA) is 64.7 Å². The summed E-state index contributed by atoms with van der Waals surface area (Å²) in [6.45, 7) is 5.84. The summed E-state index contributed by atoms with van der Waals surface area (Å²) >= 11 is 0. The van der Waals surface area contributed by atoms with Gasteiger partial charge in [0.05, 0.1) is 12.1 Å². The third kappa shape index (κ3) is 4.18. The quantitative estimate of drug-likeness (QED) is 0.746. The van der Waals surface area contributed by atoms with Gasteiger partial charge in [-0.1, -0.05) is 6.92 Å². The van der Waals surface area contributed by atoms with Crippen LogP contribution in [0.5, 0.6) is 0 Å². The maximum absolute atomic E-state index is 14.4. The third-order valence-corrected chi connectivity index (χ3v) is 8.04. The van der Waals surface area contributed by atoms with Crippen molar-refractivity contribution in [2.24, 2.45) is 11.8 Å². The van der Waals surface area contributed by atoms with E-state index in [0.717, 1.165) is 45.2 Å². The zero-order valence-electron chi connectivity index (χ0n) is 18.1. The molecule has 0 aromatic heterocycles. The van der Waals surface area contributed by atoms with Crippen molar-refractivity contribution in [2.75, 3.05) is 20.1 Å². The number of nitrogens with zero attached hydrogens (tertiary/aromatic N) is 2. The maximum Gasteiger partial charge on any atom is 0.239 e. The molecule has 2 saturated carbocycles. The summed E-state index contributed by atoms with van der Waals surface area (Å²) in [5.74, 6) is 0.632. The predicted octanol–water partition coefficient (Wildman–Crippen LogP) is 1.69. The summed E-state index contributed by atoms with van der Waals surface area (Å²) < 4.78 is 14.4. The number of hydrogen-bond donors (Lipinski definition) is 2.